The minimum atomic E-state index is -3.31. The van der Waals surface area contributed by atoms with Gasteiger partial charge in [-0.1, -0.05) is 6.07 Å². The lowest BCUT2D eigenvalue weighted by Gasteiger charge is -1.95. The first-order valence-electron chi connectivity index (χ1n) is 3.16. The number of hydrogen-bond acceptors (Lipinski definition) is 4. The van der Waals surface area contributed by atoms with Gasteiger partial charge in [0.05, 0.1) is 0 Å². The fraction of sp³-hybridized carbons (Fsp3) is 0.143. The standard InChI is InChI=1S/C7H7NO3S/c1-12(10,11)7-4-2-3-6(5-9)8-7/h2-5H,1H3. The maximum absolute atomic E-state index is 10.9. The van der Waals surface area contributed by atoms with E-state index < -0.39 is 9.84 Å². The summed E-state index contributed by atoms with van der Waals surface area (Å²) >= 11 is 0. The molecule has 0 N–H and O–H groups in total. The predicted molar refractivity (Wildman–Crippen MR) is 42.7 cm³/mol. The average molecular weight is 185 g/mol. The number of sulfone groups is 1. The molecule has 1 rings (SSSR count). The van der Waals surface area contributed by atoms with Gasteiger partial charge in [0.25, 0.3) is 0 Å². The number of nitrogens with zero attached hydrogens (tertiary/aromatic N) is 1. The van der Waals surface area contributed by atoms with Gasteiger partial charge in [-0.2, -0.15) is 0 Å². The molecule has 12 heavy (non-hydrogen) atoms. The van der Waals surface area contributed by atoms with Crippen molar-refractivity contribution in [1.82, 2.24) is 4.98 Å². The smallest absolute Gasteiger partial charge is 0.192 e. The maximum atomic E-state index is 10.9. The molecule has 0 aliphatic heterocycles. The highest BCUT2D eigenvalue weighted by molar-refractivity contribution is 7.90. The second kappa shape index (κ2) is 3.02. The Labute approximate surface area is 70.2 Å². The summed E-state index contributed by atoms with van der Waals surface area (Å²) in [6.07, 6.45) is 1.55. The van der Waals surface area contributed by atoms with Crippen molar-refractivity contribution in [2.45, 2.75) is 5.03 Å². The van der Waals surface area contributed by atoms with E-state index in [2.05, 4.69) is 4.98 Å². The fourth-order valence-corrected chi connectivity index (χ4v) is 1.30. The molecule has 0 radical (unpaired) electrons. The highest BCUT2D eigenvalue weighted by Crippen LogP contribution is 2.04. The van der Waals surface area contributed by atoms with Gasteiger partial charge in [0.2, 0.25) is 0 Å². The van der Waals surface area contributed by atoms with E-state index >= 15 is 0 Å². The number of carbonyl (C=O) groups excluding carboxylic acids is 1. The SMILES string of the molecule is CS(=O)(=O)c1cccc(C=O)n1. The van der Waals surface area contributed by atoms with Gasteiger partial charge in [-0.3, -0.25) is 4.79 Å². The van der Waals surface area contributed by atoms with Crippen molar-refractivity contribution in [2.75, 3.05) is 6.26 Å². The Morgan fingerprint density at radius 2 is 2.08 bits per heavy atom. The van der Waals surface area contributed by atoms with Crippen molar-refractivity contribution in [2.24, 2.45) is 0 Å². The van der Waals surface area contributed by atoms with Gasteiger partial charge < -0.3 is 0 Å². The van der Waals surface area contributed by atoms with Crippen LogP contribution in [0.15, 0.2) is 23.2 Å². The molecule has 1 heterocycles. The quantitative estimate of drug-likeness (QED) is 0.621. The van der Waals surface area contributed by atoms with Crippen LogP contribution >= 0.6 is 0 Å². The summed E-state index contributed by atoms with van der Waals surface area (Å²) in [4.78, 5) is 13.8. The second-order valence-corrected chi connectivity index (χ2v) is 4.25. The predicted octanol–water partition coefficient (Wildman–Crippen LogP) is 0.298. The molecule has 1 aromatic heterocycles. The van der Waals surface area contributed by atoms with Crippen LogP contribution in [0.4, 0.5) is 0 Å². The van der Waals surface area contributed by atoms with E-state index in [0.29, 0.717) is 6.29 Å². The number of carbonyl (C=O) groups is 1. The van der Waals surface area contributed by atoms with Crippen molar-refractivity contribution < 1.29 is 13.2 Å². The van der Waals surface area contributed by atoms with Crippen LogP contribution in [0, 0.1) is 0 Å². The zero-order valence-corrected chi connectivity index (χ0v) is 7.21. The highest BCUT2D eigenvalue weighted by Gasteiger charge is 2.08. The largest absolute Gasteiger partial charge is 0.296 e. The third-order valence-electron chi connectivity index (χ3n) is 1.25. The van der Waals surface area contributed by atoms with E-state index in [1.807, 2.05) is 0 Å². The number of aromatic nitrogens is 1. The van der Waals surface area contributed by atoms with Crippen molar-refractivity contribution >= 4 is 16.1 Å². The van der Waals surface area contributed by atoms with Crippen LogP contribution in [-0.2, 0) is 9.84 Å². The second-order valence-electron chi connectivity index (χ2n) is 2.29. The van der Waals surface area contributed by atoms with Crippen LogP contribution in [0.3, 0.4) is 0 Å². The van der Waals surface area contributed by atoms with E-state index in [1.165, 1.54) is 18.2 Å². The van der Waals surface area contributed by atoms with E-state index in [0.717, 1.165) is 6.26 Å². The Balaban J connectivity index is 3.29. The topological polar surface area (TPSA) is 64.1 Å². The molecule has 1 aromatic rings. The van der Waals surface area contributed by atoms with Gasteiger partial charge >= 0.3 is 0 Å². The minimum Gasteiger partial charge on any atom is -0.296 e. The molecule has 64 valence electrons. The lowest BCUT2D eigenvalue weighted by atomic mass is 10.4. The molecule has 0 bridgehead atoms. The maximum Gasteiger partial charge on any atom is 0.192 e. The molecular formula is C7H7NO3S. The summed E-state index contributed by atoms with van der Waals surface area (Å²) < 4.78 is 21.8. The first-order valence-corrected chi connectivity index (χ1v) is 5.05. The van der Waals surface area contributed by atoms with Crippen LogP contribution in [0.25, 0.3) is 0 Å². The molecule has 0 saturated heterocycles. The van der Waals surface area contributed by atoms with Gasteiger partial charge in [-0.25, -0.2) is 13.4 Å². The van der Waals surface area contributed by atoms with Crippen molar-refractivity contribution in [1.29, 1.82) is 0 Å². The van der Waals surface area contributed by atoms with E-state index in [4.69, 9.17) is 0 Å². The molecular weight excluding hydrogens is 178 g/mol. The summed E-state index contributed by atoms with van der Waals surface area (Å²) in [5.74, 6) is 0. The lowest BCUT2D eigenvalue weighted by molar-refractivity contribution is 0.111. The molecule has 0 atom stereocenters. The summed E-state index contributed by atoms with van der Waals surface area (Å²) in [6.45, 7) is 0. The van der Waals surface area contributed by atoms with Crippen LogP contribution < -0.4 is 0 Å². The van der Waals surface area contributed by atoms with Crippen LogP contribution in [0.2, 0.25) is 0 Å². The normalized spacial score (nSPS) is 11.1. The molecule has 0 aliphatic rings. The van der Waals surface area contributed by atoms with Gasteiger partial charge in [0.15, 0.2) is 21.1 Å². The first kappa shape index (κ1) is 8.86. The number of hydrogen-bond donors (Lipinski definition) is 0. The Morgan fingerprint density at radius 1 is 1.42 bits per heavy atom. The Kier molecular flexibility index (Phi) is 2.23. The third-order valence-corrected chi connectivity index (χ3v) is 2.23. The number of pyridine rings is 1. The van der Waals surface area contributed by atoms with Gasteiger partial charge in [0, 0.05) is 6.26 Å². The van der Waals surface area contributed by atoms with Crippen LogP contribution in [0.5, 0.6) is 0 Å². The van der Waals surface area contributed by atoms with Crippen molar-refractivity contribution in [3.05, 3.63) is 23.9 Å². The molecule has 0 fully saturated rings. The molecule has 4 nitrogen and oxygen atoms in total. The Morgan fingerprint density at radius 3 is 2.58 bits per heavy atom. The minimum absolute atomic E-state index is 0.0768. The van der Waals surface area contributed by atoms with E-state index in [9.17, 15) is 13.2 Å². The Bertz CT molecular complexity index is 397. The lowest BCUT2D eigenvalue weighted by Crippen LogP contribution is -2.01. The van der Waals surface area contributed by atoms with Gasteiger partial charge in [-0.05, 0) is 12.1 Å². The molecule has 0 saturated carbocycles. The summed E-state index contributed by atoms with van der Waals surface area (Å²) in [5.41, 5.74) is 0.123. The first-order chi connectivity index (χ1) is 5.54. The highest BCUT2D eigenvalue weighted by atomic mass is 32.2. The van der Waals surface area contributed by atoms with E-state index in [1.54, 1.807) is 0 Å². The Hall–Kier alpha value is -1.23. The van der Waals surface area contributed by atoms with Crippen molar-refractivity contribution in [3.63, 3.8) is 0 Å². The summed E-state index contributed by atoms with van der Waals surface area (Å²) in [6, 6.07) is 4.27. The molecule has 0 amide bonds. The molecule has 0 aliphatic carbocycles. The number of aldehydes is 1. The molecule has 0 unspecified atom stereocenters. The molecule has 5 heteroatoms. The molecule has 0 aromatic carbocycles. The molecule has 0 spiro atoms. The van der Waals surface area contributed by atoms with Crippen LogP contribution in [0.1, 0.15) is 10.5 Å². The van der Waals surface area contributed by atoms with Crippen LogP contribution in [-0.4, -0.2) is 25.9 Å². The zero-order chi connectivity index (χ0) is 9.19. The fourth-order valence-electron chi connectivity index (χ4n) is 0.703. The number of rotatable bonds is 2. The zero-order valence-electron chi connectivity index (χ0n) is 6.39. The summed E-state index contributed by atoms with van der Waals surface area (Å²) in [7, 11) is -3.31. The average Bonchev–Trinajstić information content (AvgIpc) is 2.03. The van der Waals surface area contributed by atoms with Crippen molar-refractivity contribution in [3.8, 4) is 0 Å². The van der Waals surface area contributed by atoms with E-state index in [-0.39, 0.29) is 10.7 Å². The van der Waals surface area contributed by atoms with Gasteiger partial charge in [-0.15, -0.1) is 0 Å². The third kappa shape index (κ3) is 1.88. The monoisotopic (exact) mass is 185 g/mol. The summed E-state index contributed by atoms with van der Waals surface area (Å²) in [5, 5.41) is -0.0768. The van der Waals surface area contributed by atoms with Gasteiger partial charge in [0.1, 0.15) is 5.69 Å².